The molecule has 2 saturated heterocycles. The van der Waals surface area contributed by atoms with Crippen LogP contribution in [0, 0.1) is 0 Å². The summed E-state index contributed by atoms with van der Waals surface area (Å²) >= 11 is 1.69. The summed E-state index contributed by atoms with van der Waals surface area (Å²) < 4.78 is 5.75. The second-order valence-electron chi connectivity index (χ2n) is 6.25. The zero-order valence-electron chi connectivity index (χ0n) is 13.6. The number of hydrogen-bond donors (Lipinski definition) is 2. The minimum atomic E-state index is -0.465. The molecular weight excluding hydrogens is 332 g/mol. The van der Waals surface area contributed by atoms with Crippen LogP contribution < -0.4 is 15.4 Å². The number of ether oxygens (including phenoxy) is 1. The van der Waals surface area contributed by atoms with Crippen molar-refractivity contribution in [1.82, 2.24) is 10.6 Å². The monoisotopic (exact) mass is 356 g/mol. The van der Waals surface area contributed by atoms with Crippen LogP contribution in [-0.2, 0) is 4.79 Å². The van der Waals surface area contributed by atoms with Gasteiger partial charge in [-0.05, 0) is 63.1 Å². The van der Waals surface area contributed by atoms with Crippen LogP contribution >= 0.6 is 24.2 Å². The third kappa shape index (κ3) is 4.78. The van der Waals surface area contributed by atoms with Gasteiger partial charge in [0.1, 0.15) is 5.75 Å². The Balaban J connectivity index is 0.00000192. The molecule has 2 N–H and O–H groups in total. The van der Waals surface area contributed by atoms with Crippen LogP contribution in [0.5, 0.6) is 5.75 Å². The van der Waals surface area contributed by atoms with Gasteiger partial charge in [0.15, 0.2) is 6.10 Å². The maximum absolute atomic E-state index is 12.3. The lowest BCUT2D eigenvalue weighted by molar-refractivity contribution is -0.128. The molecule has 0 aromatic heterocycles. The number of rotatable bonds is 5. The second kappa shape index (κ2) is 8.27. The molecule has 128 valence electrons. The maximum Gasteiger partial charge on any atom is 0.260 e. The predicted molar refractivity (Wildman–Crippen MR) is 96.7 cm³/mol. The summed E-state index contributed by atoms with van der Waals surface area (Å²) in [6.45, 7) is 1.81. The van der Waals surface area contributed by atoms with E-state index in [0.717, 1.165) is 18.6 Å². The first-order valence-electron chi connectivity index (χ1n) is 8.01. The van der Waals surface area contributed by atoms with E-state index in [0.29, 0.717) is 12.1 Å². The Morgan fingerprint density at radius 1 is 1.26 bits per heavy atom. The summed E-state index contributed by atoms with van der Waals surface area (Å²) in [5, 5.41) is 6.74. The number of hydrogen-bond acceptors (Lipinski definition) is 4. The van der Waals surface area contributed by atoms with Crippen molar-refractivity contribution in [2.45, 2.75) is 61.7 Å². The van der Waals surface area contributed by atoms with E-state index in [1.54, 1.807) is 11.8 Å². The van der Waals surface area contributed by atoms with E-state index in [9.17, 15) is 4.79 Å². The number of benzene rings is 1. The van der Waals surface area contributed by atoms with Crippen LogP contribution in [0.2, 0.25) is 0 Å². The van der Waals surface area contributed by atoms with Gasteiger partial charge in [-0.25, -0.2) is 0 Å². The lowest BCUT2D eigenvalue weighted by Gasteiger charge is -2.30. The molecule has 2 bridgehead atoms. The van der Waals surface area contributed by atoms with Gasteiger partial charge in [-0.3, -0.25) is 4.79 Å². The van der Waals surface area contributed by atoms with Gasteiger partial charge in [0.05, 0.1) is 0 Å². The molecule has 3 atom stereocenters. The first kappa shape index (κ1) is 18.4. The average Bonchev–Trinajstić information content (AvgIpc) is 2.86. The number of halogens is 1. The minimum absolute atomic E-state index is 0. The third-order valence-corrected chi connectivity index (χ3v) is 5.30. The summed E-state index contributed by atoms with van der Waals surface area (Å²) in [6.07, 6.45) is 6.13. The van der Waals surface area contributed by atoms with E-state index in [1.807, 2.05) is 37.4 Å². The molecule has 0 spiro atoms. The van der Waals surface area contributed by atoms with E-state index in [-0.39, 0.29) is 24.4 Å². The lowest BCUT2D eigenvalue weighted by Crippen LogP contribution is -2.50. The lowest BCUT2D eigenvalue weighted by atomic mass is 9.99. The van der Waals surface area contributed by atoms with Gasteiger partial charge in [0, 0.05) is 23.0 Å². The Bertz CT molecular complexity index is 514. The molecule has 3 unspecified atom stereocenters. The van der Waals surface area contributed by atoms with E-state index < -0.39 is 6.10 Å². The number of carbonyl (C=O) groups excluding carboxylic acids is 1. The molecule has 1 aromatic carbocycles. The van der Waals surface area contributed by atoms with Crippen molar-refractivity contribution in [3.63, 3.8) is 0 Å². The number of thioether (sulfide) groups is 1. The van der Waals surface area contributed by atoms with Gasteiger partial charge >= 0.3 is 0 Å². The molecule has 6 heteroatoms. The molecule has 0 saturated carbocycles. The van der Waals surface area contributed by atoms with Crippen molar-refractivity contribution in [3.8, 4) is 5.75 Å². The van der Waals surface area contributed by atoms with E-state index in [2.05, 4.69) is 10.6 Å². The van der Waals surface area contributed by atoms with Crippen LogP contribution in [-0.4, -0.2) is 36.4 Å². The van der Waals surface area contributed by atoms with E-state index >= 15 is 0 Å². The second-order valence-corrected chi connectivity index (χ2v) is 7.13. The summed E-state index contributed by atoms with van der Waals surface area (Å²) in [5.41, 5.74) is 0. The van der Waals surface area contributed by atoms with Crippen LogP contribution in [0.4, 0.5) is 0 Å². The van der Waals surface area contributed by atoms with Crippen LogP contribution in [0.15, 0.2) is 29.2 Å². The summed E-state index contributed by atoms with van der Waals surface area (Å²) in [7, 11) is 0. The number of fused-ring (bicyclic) bond motifs is 2. The first-order valence-corrected chi connectivity index (χ1v) is 9.23. The summed E-state index contributed by atoms with van der Waals surface area (Å²) in [5.74, 6) is 0.728. The zero-order chi connectivity index (χ0) is 15.5. The number of carbonyl (C=O) groups is 1. The molecule has 2 aliphatic heterocycles. The highest BCUT2D eigenvalue weighted by atomic mass is 35.5. The maximum atomic E-state index is 12.3. The van der Waals surface area contributed by atoms with Gasteiger partial charge in [0.2, 0.25) is 0 Å². The van der Waals surface area contributed by atoms with E-state index in [1.165, 1.54) is 17.7 Å². The smallest absolute Gasteiger partial charge is 0.260 e. The quantitative estimate of drug-likeness (QED) is 0.796. The average molecular weight is 357 g/mol. The van der Waals surface area contributed by atoms with Crippen molar-refractivity contribution < 1.29 is 9.53 Å². The standard InChI is InChI=1S/C17H24N2O2S.ClH/c1-11(21-15-5-7-16(22-2)8-6-15)17(20)19-14-9-12-3-4-13(10-14)18-12;/h5-8,11-14,18H,3-4,9-10H2,1-2H3,(H,19,20);1H. The van der Waals surface area contributed by atoms with Crippen molar-refractivity contribution in [1.29, 1.82) is 0 Å². The topological polar surface area (TPSA) is 50.4 Å². The van der Waals surface area contributed by atoms with Crippen molar-refractivity contribution >= 4 is 30.1 Å². The van der Waals surface area contributed by atoms with Crippen LogP contribution in [0.3, 0.4) is 0 Å². The fourth-order valence-electron chi connectivity index (χ4n) is 3.41. The normalized spacial score (nSPS) is 27.0. The largest absolute Gasteiger partial charge is 0.481 e. The molecule has 4 nitrogen and oxygen atoms in total. The Kier molecular flexibility index (Phi) is 6.62. The van der Waals surface area contributed by atoms with Crippen molar-refractivity contribution in [2.24, 2.45) is 0 Å². The zero-order valence-corrected chi connectivity index (χ0v) is 15.2. The highest BCUT2D eigenvalue weighted by molar-refractivity contribution is 7.98. The van der Waals surface area contributed by atoms with Crippen molar-refractivity contribution in [2.75, 3.05) is 6.26 Å². The number of amides is 1. The summed E-state index contributed by atoms with van der Waals surface area (Å²) in [4.78, 5) is 13.5. The van der Waals surface area contributed by atoms with Gasteiger partial charge in [-0.2, -0.15) is 0 Å². The number of nitrogens with one attached hydrogen (secondary N) is 2. The Hall–Kier alpha value is -0.910. The highest BCUT2D eigenvalue weighted by Gasteiger charge is 2.34. The van der Waals surface area contributed by atoms with Gasteiger partial charge in [-0.15, -0.1) is 24.2 Å². The van der Waals surface area contributed by atoms with E-state index in [4.69, 9.17) is 4.74 Å². The third-order valence-electron chi connectivity index (χ3n) is 4.56. The van der Waals surface area contributed by atoms with Crippen LogP contribution in [0.1, 0.15) is 32.6 Å². The highest BCUT2D eigenvalue weighted by Crippen LogP contribution is 2.27. The van der Waals surface area contributed by atoms with Crippen LogP contribution in [0.25, 0.3) is 0 Å². The number of piperidine rings is 1. The molecule has 2 aliphatic rings. The SMILES string of the molecule is CSc1ccc(OC(C)C(=O)NC2CC3CCC(C2)N3)cc1.Cl. The van der Waals surface area contributed by atoms with Gasteiger partial charge in [-0.1, -0.05) is 0 Å². The Labute approximate surface area is 148 Å². The molecule has 3 rings (SSSR count). The summed E-state index contributed by atoms with van der Waals surface area (Å²) in [6, 6.07) is 9.31. The fraction of sp³-hybridized carbons (Fsp3) is 0.588. The molecule has 0 aliphatic carbocycles. The fourth-order valence-corrected chi connectivity index (χ4v) is 3.81. The molecule has 1 amide bonds. The molecule has 1 aromatic rings. The molecule has 2 heterocycles. The molecule has 2 fully saturated rings. The minimum Gasteiger partial charge on any atom is -0.481 e. The Morgan fingerprint density at radius 3 is 2.43 bits per heavy atom. The van der Waals surface area contributed by atoms with Gasteiger partial charge in [0.25, 0.3) is 5.91 Å². The van der Waals surface area contributed by atoms with Gasteiger partial charge < -0.3 is 15.4 Å². The predicted octanol–water partition coefficient (Wildman–Crippen LogP) is 3.00. The first-order chi connectivity index (χ1) is 10.6. The molecule has 23 heavy (non-hydrogen) atoms. The molecular formula is C17H25ClN2O2S. The Morgan fingerprint density at radius 2 is 1.87 bits per heavy atom. The molecule has 0 radical (unpaired) electrons. The van der Waals surface area contributed by atoms with Crippen molar-refractivity contribution in [3.05, 3.63) is 24.3 Å².